The Balaban J connectivity index is 2.81. The topological polar surface area (TPSA) is 21.3 Å². The van der Waals surface area contributed by atoms with Crippen LogP contribution < -0.4 is 5.32 Å². The van der Waals surface area contributed by atoms with Crippen LogP contribution in [0.25, 0.3) is 0 Å². The summed E-state index contributed by atoms with van der Waals surface area (Å²) < 4.78 is 5.44. The van der Waals surface area contributed by atoms with Gasteiger partial charge in [0, 0.05) is 13.2 Å². The predicted molar refractivity (Wildman–Crippen MR) is 78.6 cm³/mol. The van der Waals surface area contributed by atoms with E-state index in [4.69, 9.17) is 27.9 Å². The van der Waals surface area contributed by atoms with Crippen LogP contribution >= 0.6 is 23.2 Å². The van der Waals surface area contributed by atoms with Crippen molar-refractivity contribution in [1.29, 1.82) is 0 Å². The molecule has 0 radical (unpaired) electrons. The zero-order valence-electron chi connectivity index (χ0n) is 11.4. The summed E-state index contributed by atoms with van der Waals surface area (Å²) in [6.45, 7) is 4.17. The highest BCUT2D eigenvalue weighted by Gasteiger charge is 2.21. The summed E-state index contributed by atoms with van der Waals surface area (Å²) in [5.74, 6) is 0. The minimum Gasteiger partial charge on any atom is -0.379 e. The van der Waals surface area contributed by atoms with Crippen molar-refractivity contribution < 1.29 is 4.74 Å². The summed E-state index contributed by atoms with van der Waals surface area (Å²) in [6, 6.07) is 5.93. The molecule has 0 heterocycles. The molecule has 0 aliphatic carbocycles. The van der Waals surface area contributed by atoms with Crippen molar-refractivity contribution in [2.75, 3.05) is 14.2 Å². The minimum absolute atomic E-state index is 0.125. The zero-order valence-corrected chi connectivity index (χ0v) is 12.9. The van der Waals surface area contributed by atoms with Crippen LogP contribution in [0, 0.1) is 0 Å². The van der Waals surface area contributed by atoms with Gasteiger partial charge in [0.15, 0.2) is 0 Å². The van der Waals surface area contributed by atoms with Crippen LogP contribution in [0.5, 0.6) is 0 Å². The van der Waals surface area contributed by atoms with Crippen LogP contribution in [-0.4, -0.2) is 19.8 Å². The summed E-state index contributed by atoms with van der Waals surface area (Å²) in [5, 5.41) is 4.52. The molecule has 0 amide bonds. The molecule has 0 spiro atoms. The van der Waals surface area contributed by atoms with Crippen LogP contribution in [0.1, 0.15) is 38.3 Å². The van der Waals surface area contributed by atoms with Gasteiger partial charge in [-0.05, 0) is 45.4 Å². The van der Waals surface area contributed by atoms with Crippen molar-refractivity contribution in [3.05, 3.63) is 33.8 Å². The van der Waals surface area contributed by atoms with E-state index >= 15 is 0 Å². The van der Waals surface area contributed by atoms with E-state index in [1.54, 1.807) is 13.2 Å². The van der Waals surface area contributed by atoms with Gasteiger partial charge in [0.25, 0.3) is 0 Å². The first-order valence-electron chi connectivity index (χ1n) is 6.07. The quantitative estimate of drug-likeness (QED) is 0.835. The fraction of sp³-hybridized carbons (Fsp3) is 0.571. The average molecular weight is 290 g/mol. The molecule has 1 N–H and O–H groups in total. The molecule has 0 bridgehead atoms. The SMILES string of the molecule is CNC(CCC(C)(C)OC)c1cccc(Cl)c1Cl. The second-order valence-corrected chi connectivity index (χ2v) is 5.77. The van der Waals surface area contributed by atoms with E-state index in [0.29, 0.717) is 10.0 Å². The maximum Gasteiger partial charge on any atom is 0.0640 e. The molecule has 18 heavy (non-hydrogen) atoms. The summed E-state index contributed by atoms with van der Waals surface area (Å²) in [4.78, 5) is 0. The highest BCUT2D eigenvalue weighted by Crippen LogP contribution is 2.33. The van der Waals surface area contributed by atoms with Gasteiger partial charge in [-0.3, -0.25) is 0 Å². The number of methoxy groups -OCH3 is 1. The van der Waals surface area contributed by atoms with Gasteiger partial charge < -0.3 is 10.1 Å². The lowest BCUT2D eigenvalue weighted by atomic mass is 9.95. The highest BCUT2D eigenvalue weighted by molar-refractivity contribution is 6.42. The van der Waals surface area contributed by atoms with Crippen molar-refractivity contribution >= 4 is 23.2 Å². The smallest absolute Gasteiger partial charge is 0.0640 e. The molecule has 1 atom stereocenters. The Morgan fingerprint density at radius 3 is 2.56 bits per heavy atom. The molecule has 2 nitrogen and oxygen atoms in total. The third-order valence-corrected chi connectivity index (χ3v) is 4.13. The lowest BCUT2D eigenvalue weighted by Gasteiger charge is -2.26. The van der Waals surface area contributed by atoms with Crippen molar-refractivity contribution in [3.8, 4) is 0 Å². The van der Waals surface area contributed by atoms with Gasteiger partial charge >= 0.3 is 0 Å². The second kappa shape index (κ2) is 6.76. The van der Waals surface area contributed by atoms with E-state index < -0.39 is 0 Å². The number of rotatable bonds is 6. The van der Waals surface area contributed by atoms with Crippen LogP contribution in [0.2, 0.25) is 10.0 Å². The number of halogens is 2. The van der Waals surface area contributed by atoms with Crippen LogP contribution in [0.4, 0.5) is 0 Å². The van der Waals surface area contributed by atoms with Gasteiger partial charge in [0.2, 0.25) is 0 Å². The Morgan fingerprint density at radius 1 is 1.33 bits per heavy atom. The molecule has 0 aromatic heterocycles. The molecule has 0 aliphatic rings. The summed E-state index contributed by atoms with van der Waals surface area (Å²) in [5.41, 5.74) is 0.915. The fourth-order valence-corrected chi connectivity index (χ4v) is 2.28. The van der Waals surface area contributed by atoms with Crippen molar-refractivity contribution in [2.24, 2.45) is 0 Å². The van der Waals surface area contributed by atoms with Crippen LogP contribution in [0.3, 0.4) is 0 Å². The fourth-order valence-electron chi connectivity index (χ4n) is 1.84. The first-order valence-corrected chi connectivity index (χ1v) is 6.83. The highest BCUT2D eigenvalue weighted by atomic mass is 35.5. The van der Waals surface area contributed by atoms with Crippen molar-refractivity contribution in [2.45, 2.75) is 38.3 Å². The van der Waals surface area contributed by atoms with E-state index in [-0.39, 0.29) is 11.6 Å². The molecule has 0 fully saturated rings. The molecule has 1 rings (SSSR count). The average Bonchev–Trinajstić information content (AvgIpc) is 2.35. The van der Waals surface area contributed by atoms with Crippen LogP contribution in [-0.2, 0) is 4.74 Å². The summed E-state index contributed by atoms with van der Waals surface area (Å²) in [7, 11) is 3.67. The lowest BCUT2D eigenvalue weighted by molar-refractivity contribution is 0.0118. The first-order chi connectivity index (χ1) is 8.41. The Bertz CT molecular complexity index is 393. The number of ether oxygens (including phenoxy) is 1. The number of benzene rings is 1. The summed E-state index contributed by atoms with van der Waals surface area (Å²) in [6.07, 6.45) is 1.88. The molecular weight excluding hydrogens is 269 g/mol. The third kappa shape index (κ3) is 4.13. The molecule has 0 saturated carbocycles. The van der Waals surface area contributed by atoms with Gasteiger partial charge in [0.05, 0.1) is 15.6 Å². The lowest BCUT2D eigenvalue weighted by Crippen LogP contribution is -2.26. The number of nitrogens with one attached hydrogen (secondary N) is 1. The van der Waals surface area contributed by atoms with Crippen molar-refractivity contribution in [1.82, 2.24) is 5.32 Å². The monoisotopic (exact) mass is 289 g/mol. The molecular formula is C14H21Cl2NO. The second-order valence-electron chi connectivity index (χ2n) is 4.99. The maximum absolute atomic E-state index is 6.25. The normalized spacial score (nSPS) is 13.7. The molecule has 1 aromatic rings. The van der Waals surface area contributed by atoms with Crippen LogP contribution in [0.15, 0.2) is 18.2 Å². The predicted octanol–water partition coefficient (Wildman–Crippen LogP) is 4.46. The minimum atomic E-state index is -0.125. The van der Waals surface area contributed by atoms with E-state index in [1.807, 2.05) is 19.2 Å². The molecule has 1 unspecified atom stereocenters. The zero-order chi connectivity index (χ0) is 13.8. The van der Waals surface area contributed by atoms with Crippen molar-refractivity contribution in [3.63, 3.8) is 0 Å². The first kappa shape index (κ1) is 15.8. The maximum atomic E-state index is 6.25. The number of hydrogen-bond donors (Lipinski definition) is 1. The Morgan fingerprint density at radius 2 is 2.00 bits per heavy atom. The molecule has 0 saturated heterocycles. The Labute approximate surface area is 120 Å². The van der Waals surface area contributed by atoms with E-state index in [1.165, 1.54) is 0 Å². The molecule has 4 heteroatoms. The Hall–Kier alpha value is -0.280. The van der Waals surface area contributed by atoms with Gasteiger partial charge in [-0.2, -0.15) is 0 Å². The molecule has 1 aromatic carbocycles. The third-order valence-electron chi connectivity index (χ3n) is 3.29. The van der Waals surface area contributed by atoms with Gasteiger partial charge in [-0.1, -0.05) is 35.3 Å². The summed E-state index contributed by atoms with van der Waals surface area (Å²) >= 11 is 12.3. The van der Waals surface area contributed by atoms with Gasteiger partial charge in [-0.25, -0.2) is 0 Å². The van der Waals surface area contributed by atoms with E-state index in [9.17, 15) is 0 Å². The molecule has 0 aliphatic heterocycles. The largest absolute Gasteiger partial charge is 0.379 e. The Kier molecular flexibility index (Phi) is 5.93. The molecule has 102 valence electrons. The number of hydrogen-bond acceptors (Lipinski definition) is 2. The van der Waals surface area contributed by atoms with E-state index in [0.717, 1.165) is 18.4 Å². The van der Waals surface area contributed by atoms with E-state index in [2.05, 4.69) is 19.2 Å². The van der Waals surface area contributed by atoms with Gasteiger partial charge in [0.1, 0.15) is 0 Å². The van der Waals surface area contributed by atoms with Gasteiger partial charge in [-0.15, -0.1) is 0 Å². The standard InChI is InChI=1S/C14H21Cl2NO/c1-14(2,18-4)9-8-12(17-3)10-6-5-7-11(15)13(10)16/h5-7,12,17H,8-9H2,1-4H3.